The van der Waals surface area contributed by atoms with Gasteiger partial charge >= 0.3 is 16.8 Å². The number of hydrogen-bond donors (Lipinski definition) is 6. The van der Waals surface area contributed by atoms with Crippen LogP contribution in [0.1, 0.15) is 69.6 Å². The van der Waals surface area contributed by atoms with Crippen molar-refractivity contribution in [2.45, 2.75) is 36.3 Å². The largest absolute Gasteiger partial charge is 3.00 e. The Labute approximate surface area is 573 Å². The summed E-state index contributed by atoms with van der Waals surface area (Å²) in [7, 11) is 0. The van der Waals surface area contributed by atoms with Gasteiger partial charge in [0.15, 0.2) is 69.8 Å². The van der Waals surface area contributed by atoms with Crippen LogP contribution in [0.5, 0.6) is 0 Å². The van der Waals surface area contributed by atoms with E-state index in [1.807, 2.05) is 182 Å². The van der Waals surface area contributed by atoms with Gasteiger partial charge in [0.05, 0.1) is 0 Å². The molecule has 0 bridgehead atoms. The monoisotopic (exact) mass is 1500 g/mol. The van der Waals surface area contributed by atoms with Crippen molar-refractivity contribution in [1.82, 2.24) is 0 Å². The predicted molar refractivity (Wildman–Crippen MR) is 320 cm³/mol. The minimum Gasteiger partial charge on any atom is -1.00 e. The van der Waals surface area contributed by atoms with Gasteiger partial charge < -0.3 is 75.6 Å². The summed E-state index contributed by atoms with van der Waals surface area (Å²) in [5, 5.41) is 0. The zero-order chi connectivity index (χ0) is 68.5. The fourth-order valence-electron chi connectivity index (χ4n) is 10.2. The predicted octanol–water partition coefficient (Wildman–Crippen LogP) is 4.54. The molecule has 10 rings (SSSR count). The van der Waals surface area contributed by atoms with Crippen LogP contribution in [0.4, 0.5) is 87.8 Å². The van der Waals surface area contributed by atoms with Crippen molar-refractivity contribution in [3.8, 4) is 0 Å². The zero-order valence-electron chi connectivity index (χ0n) is 50.0. The van der Waals surface area contributed by atoms with Crippen LogP contribution in [0.2, 0.25) is 0 Å². The first-order valence-corrected chi connectivity index (χ1v) is 27.1. The van der Waals surface area contributed by atoms with Crippen LogP contribution in [0.15, 0.2) is 182 Å². The van der Waals surface area contributed by atoms with Crippen molar-refractivity contribution in [2.75, 3.05) is 0 Å². The molecular weight excluding hydrogens is 1450 g/mol. The maximum atomic E-state index is 15.4. The molecule has 532 valence electrons. The smallest absolute Gasteiger partial charge is 1.00 e. The molecule has 10 aromatic carbocycles. The minimum absolute atomic E-state index is 0. The average molecular weight is 1500 g/mol. The molecule has 0 radical (unpaired) electrons. The van der Waals surface area contributed by atoms with E-state index >= 15 is 35.1 Å². The molecule has 6 atom stereocenters. The third-order valence-corrected chi connectivity index (χ3v) is 15.0. The fourth-order valence-corrected chi connectivity index (χ4v) is 10.2. The molecule has 0 unspecified atom stereocenters. The summed E-state index contributed by atoms with van der Waals surface area (Å²) in [4.78, 5) is 0. The molecule has 0 spiro atoms. The molecule has 0 aliphatic carbocycles. The zero-order valence-corrected chi connectivity index (χ0v) is 52.5. The van der Waals surface area contributed by atoms with Crippen LogP contribution in [0.25, 0.3) is 0 Å². The summed E-state index contributed by atoms with van der Waals surface area (Å²) >= 11 is 0. The Morgan fingerprint density at radius 1 is 0.182 bits per heavy atom. The molecule has 0 amide bonds. The molecular formula is C66H54BCl2CoF20N6O3. The quantitative estimate of drug-likeness (QED) is 0.0419. The number of rotatable bonds is 13. The fraction of sp³-hybridized carbons (Fsp3) is 0.0909. The van der Waals surface area contributed by atoms with E-state index in [0.717, 1.165) is 33.4 Å². The first-order chi connectivity index (χ1) is 44.1. The van der Waals surface area contributed by atoms with E-state index in [1.54, 1.807) is 0 Å². The van der Waals surface area contributed by atoms with Crippen LogP contribution in [0.3, 0.4) is 0 Å². The molecule has 99 heavy (non-hydrogen) atoms. The van der Waals surface area contributed by atoms with Crippen molar-refractivity contribution in [1.29, 1.82) is 0 Å². The Bertz CT molecular complexity index is 3530. The van der Waals surface area contributed by atoms with Gasteiger partial charge in [-0.15, -0.1) is 21.9 Å². The van der Waals surface area contributed by atoms with Crippen molar-refractivity contribution in [3.63, 3.8) is 0 Å². The van der Waals surface area contributed by atoms with Gasteiger partial charge in [0.1, 0.15) is 52.7 Å². The third kappa shape index (κ3) is 18.0. The molecule has 0 aliphatic heterocycles. The summed E-state index contributed by atoms with van der Waals surface area (Å²) in [6.07, 6.45) is -7.22. The molecule has 10 aromatic rings. The molecule has 33 heteroatoms. The topological polar surface area (TPSA) is 251 Å². The maximum absolute atomic E-state index is 15.4. The van der Waals surface area contributed by atoms with Crippen LogP contribution >= 0.6 is 0 Å². The van der Waals surface area contributed by atoms with Crippen LogP contribution in [-0.4, -0.2) is 22.6 Å². The molecule has 0 aliphatic rings. The summed E-state index contributed by atoms with van der Waals surface area (Å²) in [5.74, 6) is -71.4. The van der Waals surface area contributed by atoms with E-state index in [1.165, 1.54) is 0 Å². The number of hydrogen-bond acceptors (Lipinski definition) is 6. The molecule has 9 nitrogen and oxygen atoms in total. The van der Waals surface area contributed by atoms with E-state index in [0.29, 0.717) is 0 Å². The van der Waals surface area contributed by atoms with Gasteiger partial charge in [-0.2, -0.15) is 0 Å². The SMILES string of the molecule is Fc1c(F)c(F)c([B-](c2c(F)c(F)c(F)c(F)c2F)(c2c(F)c(F)c(F)c(F)c2F)c2c(F)c(F)c(F)c(F)c2F)c(F)c1F.N[C@@H](c1ccccc1)[C@@H](N)c1ccccc1.N[C@@H](c1ccccc1)[C@@H](N)c1ccccc1.N[C@@H](c1ccccc1)[C@@H](N)c1ccccc1.O.O.O.[Cl-].[Cl-].[Co+3]. The van der Waals surface area contributed by atoms with Crippen molar-refractivity contribution >= 4 is 28.0 Å². The summed E-state index contributed by atoms with van der Waals surface area (Å²) < 4.78 is 294. The average Bonchev–Trinajstić information content (AvgIpc) is 0.682. The van der Waals surface area contributed by atoms with Crippen molar-refractivity contribution < 1.29 is 146 Å². The van der Waals surface area contributed by atoms with Crippen molar-refractivity contribution in [2.24, 2.45) is 34.4 Å². The number of nitrogens with two attached hydrogens (primary N) is 6. The van der Waals surface area contributed by atoms with Gasteiger partial charge in [-0.05, 0) is 33.4 Å². The summed E-state index contributed by atoms with van der Waals surface area (Å²) in [6, 6.07) is 58.7. The Hall–Kier alpha value is -8.41. The Morgan fingerprint density at radius 2 is 0.273 bits per heavy atom. The molecule has 18 N–H and O–H groups in total. The van der Waals surface area contributed by atoms with E-state index in [2.05, 4.69) is 0 Å². The van der Waals surface area contributed by atoms with Crippen molar-refractivity contribution in [3.05, 3.63) is 332 Å². The summed E-state index contributed by atoms with van der Waals surface area (Å²) in [5.41, 5.74) is 29.0. The molecule has 0 aromatic heterocycles. The molecule has 0 heterocycles. The van der Waals surface area contributed by atoms with Gasteiger partial charge in [0.2, 0.25) is 0 Å². The maximum Gasteiger partial charge on any atom is 3.00 e. The van der Waals surface area contributed by atoms with Gasteiger partial charge in [0.25, 0.3) is 0 Å². The Morgan fingerprint density at radius 3 is 0.374 bits per heavy atom. The third-order valence-electron chi connectivity index (χ3n) is 15.0. The second kappa shape index (κ2) is 38.2. The second-order valence-corrected chi connectivity index (χ2v) is 20.4. The first kappa shape index (κ1) is 88.6. The Balaban J connectivity index is 0.000000744. The number of benzene rings is 10. The number of halogens is 22. The van der Waals surface area contributed by atoms with Crippen LogP contribution < -0.4 is 81.1 Å². The standard InChI is InChI=1S/C24BF20.3C14H16N2.2ClH.Co.3H2O/c26-5-1(6(27)14(35)21(42)13(5)34)25(2-7(28)15(36)22(43)16(37)8(2)29,3-9(30)17(38)23(44)18(39)10(3)31)4-11(32)19(40)24(45)20(41)12(4)33;3*15-13(11-7-3-1-4-8-11)14(16)12-9-5-2-6-10-12;;;;;;/h;3*1-10,13-14H,15-16H2;2*1H;;3*1H2/q-1;;;;;;+3;;;/p-2/t;3*13-,14-;;;;;;/m.000....../s1. The van der Waals surface area contributed by atoms with E-state index in [4.69, 9.17) is 34.4 Å². The van der Waals surface area contributed by atoms with Crippen LogP contribution in [0, 0.1) is 116 Å². The van der Waals surface area contributed by atoms with E-state index < -0.39 is 144 Å². The van der Waals surface area contributed by atoms with E-state index in [-0.39, 0.29) is 94.3 Å². The van der Waals surface area contributed by atoms with Gasteiger partial charge in [-0.3, -0.25) is 0 Å². The Kier molecular flexibility index (Phi) is 34.2. The van der Waals surface area contributed by atoms with E-state index in [9.17, 15) is 52.7 Å². The molecule has 0 saturated heterocycles. The van der Waals surface area contributed by atoms with Gasteiger partial charge in [-0.1, -0.05) is 182 Å². The molecule has 0 fully saturated rings. The normalized spacial score (nSPS) is 12.4. The minimum atomic E-state index is -7.22. The van der Waals surface area contributed by atoms with Gasteiger partial charge in [0, 0.05) is 36.3 Å². The molecule has 0 saturated carbocycles. The first-order valence-electron chi connectivity index (χ1n) is 27.1. The van der Waals surface area contributed by atoms with Crippen LogP contribution in [-0.2, 0) is 16.8 Å². The summed E-state index contributed by atoms with van der Waals surface area (Å²) in [6.45, 7) is 0. The second-order valence-electron chi connectivity index (χ2n) is 20.4. The van der Waals surface area contributed by atoms with Gasteiger partial charge in [-0.25, -0.2) is 87.8 Å².